The van der Waals surface area contributed by atoms with E-state index in [0.29, 0.717) is 5.92 Å². The van der Waals surface area contributed by atoms with E-state index in [9.17, 15) is 0 Å². The summed E-state index contributed by atoms with van der Waals surface area (Å²) < 4.78 is 0. The summed E-state index contributed by atoms with van der Waals surface area (Å²) in [4.78, 5) is 0. The zero-order valence-corrected chi connectivity index (χ0v) is 12.0. The molecule has 0 saturated heterocycles. The Balaban J connectivity index is 0.00000361. The topological polar surface area (TPSA) is 64.1 Å². The van der Waals surface area contributed by atoms with Crippen LogP contribution in [0.4, 0.5) is 0 Å². The number of nitrogens with two attached hydrogens (primary N) is 2. The fourth-order valence-electron chi connectivity index (χ4n) is 2.43. The quantitative estimate of drug-likeness (QED) is 0.421. The molecule has 1 aliphatic heterocycles. The van der Waals surface area contributed by atoms with Gasteiger partial charge in [0.05, 0.1) is 0 Å². The molecular weight excluding hydrogens is 241 g/mol. The van der Waals surface area contributed by atoms with Crippen LogP contribution >= 0.6 is 0 Å². The van der Waals surface area contributed by atoms with E-state index >= 15 is 0 Å². The van der Waals surface area contributed by atoms with Gasteiger partial charge in [0.25, 0.3) is 0 Å². The minimum absolute atomic E-state index is 0. The predicted molar refractivity (Wildman–Crippen MR) is 90.6 cm³/mol. The molecule has 0 saturated carbocycles. The van der Waals surface area contributed by atoms with Crippen LogP contribution in [0.15, 0.2) is 36.2 Å². The van der Waals surface area contributed by atoms with Crippen LogP contribution in [0, 0.1) is 5.92 Å². The Hall–Kier alpha value is -0.463. The minimum atomic E-state index is 0. The van der Waals surface area contributed by atoms with Crippen LogP contribution in [0.2, 0.25) is 0 Å². The molecule has 0 bridgehead atoms. The van der Waals surface area contributed by atoms with Crippen LogP contribution in [0.3, 0.4) is 0 Å². The van der Waals surface area contributed by atoms with Gasteiger partial charge in [-0.3, -0.25) is 0 Å². The second-order valence-corrected chi connectivity index (χ2v) is 5.13. The summed E-state index contributed by atoms with van der Waals surface area (Å²) in [6.45, 7) is 1.60. The van der Waals surface area contributed by atoms with Gasteiger partial charge in [-0.05, 0) is 56.8 Å². The second-order valence-electron chi connectivity index (χ2n) is 5.13. The molecule has 0 aromatic carbocycles. The molecule has 0 aromatic rings. The molecule has 1 rings (SSSR count). The van der Waals surface area contributed by atoms with Gasteiger partial charge >= 0.3 is 18.9 Å². The van der Waals surface area contributed by atoms with E-state index in [0.717, 1.165) is 25.9 Å². The van der Waals surface area contributed by atoms with Gasteiger partial charge in [-0.25, -0.2) is 0 Å². The molecule has 0 radical (unpaired) electrons. The van der Waals surface area contributed by atoms with Gasteiger partial charge in [0.15, 0.2) is 0 Å². The fourth-order valence-corrected chi connectivity index (χ4v) is 2.43. The predicted octanol–water partition coefficient (Wildman–Crippen LogP) is 2.16. The molecule has 0 fully saturated rings. The number of hydrogen-bond acceptors (Lipinski definition) is 3. The van der Waals surface area contributed by atoms with Gasteiger partial charge < -0.3 is 16.8 Å². The van der Waals surface area contributed by atoms with Crippen LogP contribution in [0.1, 0.15) is 44.9 Å². The number of rotatable bonds is 10. The van der Waals surface area contributed by atoms with Gasteiger partial charge in [-0.15, -0.1) is 0 Å². The first-order valence-corrected chi connectivity index (χ1v) is 7.58. The van der Waals surface area contributed by atoms with E-state index in [-0.39, 0.29) is 18.9 Å². The van der Waals surface area contributed by atoms with Crippen molar-refractivity contribution in [3.8, 4) is 0 Å². The van der Waals surface area contributed by atoms with E-state index in [1.807, 2.05) is 12.3 Å². The monoisotopic (exact) mass is 271 g/mol. The van der Waals surface area contributed by atoms with Crippen LogP contribution in [-0.2, 0) is 0 Å². The molecule has 0 spiro atoms. The molecule has 3 nitrogen and oxygen atoms in total. The Morgan fingerprint density at radius 2 is 1.55 bits per heavy atom. The maximum absolute atomic E-state index is 5.65. The third-order valence-corrected chi connectivity index (χ3v) is 3.55. The Morgan fingerprint density at radius 3 is 2.30 bits per heavy atom. The molecule has 1 atom stereocenters. The second kappa shape index (κ2) is 13.5. The van der Waals surface area contributed by atoms with Crippen molar-refractivity contribution in [1.82, 2.24) is 5.32 Å². The first-order valence-electron chi connectivity index (χ1n) is 7.58. The van der Waals surface area contributed by atoms with Crippen molar-refractivity contribution < 1.29 is 0 Å². The van der Waals surface area contributed by atoms with E-state index < -0.39 is 0 Å². The number of hydrogen-bond donors (Lipinski definition) is 3. The van der Waals surface area contributed by atoms with Crippen molar-refractivity contribution in [1.29, 1.82) is 0 Å². The number of unbranched alkanes of at least 4 members (excludes halogenated alkanes) is 3. The summed E-state index contributed by atoms with van der Waals surface area (Å²) in [6.07, 6.45) is 18.9. The van der Waals surface area contributed by atoms with Crippen LogP contribution in [0.5, 0.6) is 0 Å². The molecule has 20 heavy (non-hydrogen) atoms. The average molecular weight is 271 g/mol. The molecule has 0 aromatic heterocycles. The molecule has 5 N–H and O–H groups in total. The average Bonchev–Trinajstić information content (AvgIpc) is 2.71. The summed E-state index contributed by atoms with van der Waals surface area (Å²) in [5, 5.41) is 3.40. The van der Waals surface area contributed by atoms with E-state index in [1.54, 1.807) is 0 Å². The van der Waals surface area contributed by atoms with Gasteiger partial charge in [0.1, 0.15) is 0 Å². The molecule has 1 aliphatic rings. The summed E-state index contributed by atoms with van der Waals surface area (Å²) >= 11 is 0. The summed E-state index contributed by atoms with van der Waals surface area (Å²) in [5.41, 5.74) is 12.5. The molecule has 1 heterocycles. The first-order chi connectivity index (χ1) is 9.38. The Morgan fingerprint density at radius 1 is 0.850 bits per heavy atom. The zero-order chi connectivity index (χ0) is 13.8. The van der Waals surface area contributed by atoms with Crippen molar-refractivity contribution in [3.63, 3.8) is 0 Å². The normalized spacial score (nSPS) is 15.0. The van der Waals surface area contributed by atoms with E-state index in [2.05, 4.69) is 23.5 Å². The number of nitrogens with one attached hydrogen (secondary N) is 1. The summed E-state index contributed by atoms with van der Waals surface area (Å²) in [7, 11) is 0. The third-order valence-electron chi connectivity index (χ3n) is 3.55. The van der Waals surface area contributed by atoms with Crippen molar-refractivity contribution >= 4 is 18.9 Å². The van der Waals surface area contributed by atoms with Crippen molar-refractivity contribution in [2.75, 3.05) is 13.1 Å². The zero-order valence-electron chi connectivity index (χ0n) is 12.0. The van der Waals surface area contributed by atoms with Crippen LogP contribution in [0.25, 0.3) is 0 Å². The Labute approximate surface area is 136 Å². The first kappa shape index (κ1) is 19.5. The van der Waals surface area contributed by atoms with Crippen LogP contribution in [-0.4, -0.2) is 32.0 Å². The molecule has 4 heteroatoms. The van der Waals surface area contributed by atoms with Gasteiger partial charge in [0, 0.05) is 11.9 Å². The number of allylic oxidation sites excluding steroid dienone is 5. The molecular formula is C16H30LiN3. The van der Waals surface area contributed by atoms with Crippen molar-refractivity contribution in [2.45, 2.75) is 44.9 Å². The van der Waals surface area contributed by atoms with Crippen molar-refractivity contribution in [3.05, 3.63) is 36.2 Å². The Kier molecular flexibility index (Phi) is 13.2. The van der Waals surface area contributed by atoms with Crippen molar-refractivity contribution in [2.24, 2.45) is 17.4 Å². The van der Waals surface area contributed by atoms with Gasteiger partial charge in [-0.2, -0.15) is 0 Å². The van der Waals surface area contributed by atoms with Gasteiger partial charge in [0.2, 0.25) is 0 Å². The van der Waals surface area contributed by atoms with Gasteiger partial charge in [-0.1, -0.05) is 31.4 Å². The van der Waals surface area contributed by atoms with E-state index in [4.69, 9.17) is 11.5 Å². The summed E-state index contributed by atoms with van der Waals surface area (Å²) in [5.74, 6) is 0.605. The summed E-state index contributed by atoms with van der Waals surface area (Å²) in [6, 6.07) is 0. The maximum atomic E-state index is 5.65. The molecule has 1 unspecified atom stereocenters. The Bertz CT molecular complexity index is 311. The SMILES string of the molecule is NCCCCCCC(CCCN)C1=CC=CC=CN1.[LiH]. The standard InChI is InChI=1S/C16H29N3.Li.H/c17-12-6-2-1-4-9-15(10-8-13-18)16-11-5-3-7-14-19-16;;/h3,5,7,11,14-15,19H,1-2,4,6,8-10,12-13,17-18H2;;. The van der Waals surface area contributed by atoms with Crippen LogP contribution < -0.4 is 16.8 Å². The third kappa shape index (κ3) is 8.66. The fraction of sp³-hybridized carbons (Fsp3) is 0.625. The molecule has 0 aliphatic carbocycles. The molecule has 0 amide bonds. The molecule has 110 valence electrons. The van der Waals surface area contributed by atoms with E-state index in [1.165, 1.54) is 37.8 Å².